The lowest BCUT2D eigenvalue weighted by Crippen LogP contribution is -1.93. The number of hydrogen-bond acceptors (Lipinski definition) is 1. The Labute approximate surface area is 111 Å². The first-order valence-corrected chi connectivity index (χ1v) is 6.05. The van der Waals surface area contributed by atoms with Crippen molar-refractivity contribution < 1.29 is 13.9 Å². The third-order valence-corrected chi connectivity index (χ3v) is 3.32. The van der Waals surface area contributed by atoms with Crippen LogP contribution in [0.1, 0.15) is 5.56 Å². The monoisotopic (exact) mass is 346 g/mol. The molecule has 0 amide bonds. The van der Waals surface area contributed by atoms with Crippen LogP contribution >= 0.6 is 22.6 Å². The van der Waals surface area contributed by atoms with E-state index >= 15 is 0 Å². The molecule has 17 heavy (non-hydrogen) atoms. The molecule has 0 saturated heterocycles. The van der Waals surface area contributed by atoms with Gasteiger partial charge in [-0.25, -0.2) is 8.78 Å². The zero-order valence-corrected chi connectivity index (χ0v) is 10.9. The van der Waals surface area contributed by atoms with Crippen molar-refractivity contribution in [3.63, 3.8) is 0 Å². The summed E-state index contributed by atoms with van der Waals surface area (Å²) in [5, 5.41) is 8.90. The van der Waals surface area contributed by atoms with Crippen LogP contribution in [0.3, 0.4) is 0 Å². The molecular formula is C13H9F2IO. The van der Waals surface area contributed by atoms with E-state index in [1.54, 1.807) is 52.9 Å². The minimum Gasteiger partial charge on any atom is -0.392 e. The average molecular weight is 346 g/mol. The molecule has 0 aliphatic heterocycles. The first kappa shape index (κ1) is 12.4. The van der Waals surface area contributed by atoms with Crippen LogP contribution in [0.2, 0.25) is 0 Å². The molecule has 0 unspecified atom stereocenters. The van der Waals surface area contributed by atoms with Gasteiger partial charge >= 0.3 is 0 Å². The molecule has 88 valence electrons. The van der Waals surface area contributed by atoms with Gasteiger partial charge in [0.15, 0.2) is 11.6 Å². The number of rotatable bonds is 2. The first-order chi connectivity index (χ1) is 8.13. The van der Waals surface area contributed by atoms with E-state index in [4.69, 9.17) is 5.11 Å². The van der Waals surface area contributed by atoms with Gasteiger partial charge in [0.2, 0.25) is 0 Å². The molecule has 0 spiro atoms. The molecule has 0 heterocycles. The van der Waals surface area contributed by atoms with E-state index < -0.39 is 11.6 Å². The maximum Gasteiger partial charge on any atom is 0.172 e. The highest BCUT2D eigenvalue weighted by Crippen LogP contribution is 2.27. The van der Waals surface area contributed by atoms with E-state index in [2.05, 4.69) is 0 Å². The topological polar surface area (TPSA) is 20.2 Å². The first-order valence-electron chi connectivity index (χ1n) is 4.97. The predicted octanol–water partition coefficient (Wildman–Crippen LogP) is 3.73. The fourth-order valence-electron chi connectivity index (χ4n) is 1.54. The Morgan fingerprint density at radius 1 is 0.941 bits per heavy atom. The maximum atomic E-state index is 13.7. The van der Waals surface area contributed by atoms with Crippen LogP contribution in [0.25, 0.3) is 11.1 Å². The molecule has 0 bridgehead atoms. The van der Waals surface area contributed by atoms with Crippen LogP contribution < -0.4 is 0 Å². The van der Waals surface area contributed by atoms with Crippen LogP contribution in [-0.4, -0.2) is 5.11 Å². The van der Waals surface area contributed by atoms with Crippen molar-refractivity contribution in [3.8, 4) is 11.1 Å². The van der Waals surface area contributed by atoms with Gasteiger partial charge in [-0.05, 0) is 39.8 Å². The maximum absolute atomic E-state index is 13.7. The molecule has 0 aliphatic rings. The van der Waals surface area contributed by atoms with Crippen molar-refractivity contribution in [2.75, 3.05) is 0 Å². The lowest BCUT2D eigenvalue weighted by Gasteiger charge is -2.06. The number of halogens is 3. The van der Waals surface area contributed by atoms with E-state index in [9.17, 15) is 8.78 Å². The van der Waals surface area contributed by atoms with Gasteiger partial charge in [0.05, 0.1) is 10.2 Å². The summed E-state index contributed by atoms with van der Waals surface area (Å²) in [6.45, 7) is -0.0657. The second kappa shape index (κ2) is 5.10. The number of benzene rings is 2. The Bertz CT molecular complexity index is 538. The summed E-state index contributed by atoms with van der Waals surface area (Å²) in [4.78, 5) is 0. The minimum absolute atomic E-state index is 0.0657. The van der Waals surface area contributed by atoms with Crippen LogP contribution in [0.5, 0.6) is 0 Å². The zero-order valence-electron chi connectivity index (χ0n) is 8.75. The van der Waals surface area contributed by atoms with E-state index in [0.717, 1.165) is 5.56 Å². The van der Waals surface area contributed by atoms with Gasteiger partial charge in [0, 0.05) is 5.56 Å². The van der Waals surface area contributed by atoms with Gasteiger partial charge in [0.1, 0.15) is 0 Å². The van der Waals surface area contributed by atoms with Gasteiger partial charge in [-0.15, -0.1) is 0 Å². The van der Waals surface area contributed by atoms with Gasteiger partial charge < -0.3 is 5.11 Å². The molecule has 0 saturated carbocycles. The van der Waals surface area contributed by atoms with Gasteiger partial charge in [-0.2, -0.15) is 0 Å². The Morgan fingerprint density at radius 3 is 2.18 bits per heavy atom. The standard InChI is InChI=1S/C13H9F2IO/c14-12-10(5-6-11(16)13(12)15)9-3-1-8(7-17)2-4-9/h1-6,17H,7H2. The van der Waals surface area contributed by atoms with E-state index in [1.165, 1.54) is 6.07 Å². The summed E-state index contributed by atoms with van der Waals surface area (Å²) >= 11 is 1.75. The van der Waals surface area contributed by atoms with Crippen LogP contribution in [-0.2, 0) is 6.61 Å². The molecule has 0 atom stereocenters. The van der Waals surface area contributed by atoms with Gasteiger partial charge in [-0.3, -0.25) is 0 Å². The van der Waals surface area contributed by atoms with Crippen molar-refractivity contribution in [2.24, 2.45) is 0 Å². The average Bonchev–Trinajstić information content (AvgIpc) is 2.36. The Morgan fingerprint density at radius 2 is 1.59 bits per heavy atom. The summed E-state index contributed by atoms with van der Waals surface area (Å²) in [6.07, 6.45) is 0. The Balaban J connectivity index is 2.49. The van der Waals surface area contributed by atoms with Crippen LogP contribution in [0.4, 0.5) is 8.78 Å². The molecule has 1 nitrogen and oxygen atoms in total. The highest BCUT2D eigenvalue weighted by molar-refractivity contribution is 14.1. The van der Waals surface area contributed by atoms with Crippen LogP contribution in [0, 0.1) is 15.2 Å². The van der Waals surface area contributed by atoms with Crippen molar-refractivity contribution in [2.45, 2.75) is 6.61 Å². The normalized spacial score (nSPS) is 10.6. The van der Waals surface area contributed by atoms with Crippen molar-refractivity contribution >= 4 is 22.6 Å². The third kappa shape index (κ3) is 2.47. The number of aliphatic hydroxyl groups is 1. The van der Waals surface area contributed by atoms with Crippen molar-refractivity contribution in [1.29, 1.82) is 0 Å². The Hall–Kier alpha value is -1.01. The minimum atomic E-state index is -0.839. The van der Waals surface area contributed by atoms with Gasteiger partial charge in [0.25, 0.3) is 0 Å². The van der Waals surface area contributed by atoms with E-state index in [-0.39, 0.29) is 15.7 Å². The molecule has 1 N–H and O–H groups in total. The van der Waals surface area contributed by atoms with Gasteiger partial charge in [-0.1, -0.05) is 30.3 Å². The van der Waals surface area contributed by atoms with E-state index in [0.29, 0.717) is 5.56 Å². The summed E-state index contributed by atoms with van der Waals surface area (Å²) in [6, 6.07) is 9.78. The second-order valence-electron chi connectivity index (χ2n) is 3.58. The molecule has 0 aliphatic carbocycles. The zero-order chi connectivity index (χ0) is 12.4. The molecule has 0 fully saturated rings. The fraction of sp³-hybridized carbons (Fsp3) is 0.0769. The molecule has 0 radical (unpaired) electrons. The fourth-order valence-corrected chi connectivity index (χ4v) is 1.96. The van der Waals surface area contributed by atoms with Crippen LogP contribution in [0.15, 0.2) is 36.4 Å². The summed E-state index contributed by atoms with van der Waals surface area (Å²) < 4.78 is 27.4. The SMILES string of the molecule is OCc1ccc(-c2ccc(I)c(F)c2F)cc1. The summed E-state index contributed by atoms with van der Waals surface area (Å²) in [5.41, 5.74) is 1.56. The molecule has 4 heteroatoms. The third-order valence-electron chi connectivity index (χ3n) is 2.48. The lowest BCUT2D eigenvalue weighted by molar-refractivity contribution is 0.282. The lowest BCUT2D eigenvalue weighted by atomic mass is 10.0. The molecule has 2 rings (SSSR count). The second-order valence-corrected chi connectivity index (χ2v) is 4.74. The molecule has 2 aromatic carbocycles. The molecular weight excluding hydrogens is 337 g/mol. The molecule has 0 aromatic heterocycles. The highest BCUT2D eigenvalue weighted by atomic mass is 127. The van der Waals surface area contributed by atoms with Crippen molar-refractivity contribution in [3.05, 3.63) is 57.2 Å². The largest absolute Gasteiger partial charge is 0.392 e. The summed E-state index contributed by atoms with van der Waals surface area (Å²) in [7, 11) is 0. The molecule has 2 aromatic rings. The Kier molecular flexibility index (Phi) is 3.73. The van der Waals surface area contributed by atoms with Crippen molar-refractivity contribution in [1.82, 2.24) is 0 Å². The summed E-state index contributed by atoms with van der Waals surface area (Å²) in [5.74, 6) is -1.66. The predicted molar refractivity (Wildman–Crippen MR) is 70.4 cm³/mol. The highest BCUT2D eigenvalue weighted by Gasteiger charge is 2.12. The number of hydrogen-bond donors (Lipinski definition) is 1. The quantitative estimate of drug-likeness (QED) is 0.649. The number of aliphatic hydroxyl groups excluding tert-OH is 1. The van der Waals surface area contributed by atoms with E-state index in [1.807, 2.05) is 0 Å². The smallest absolute Gasteiger partial charge is 0.172 e.